The molecule has 0 aromatic heterocycles. The largest absolute Gasteiger partial charge is 0.447 e. The summed E-state index contributed by atoms with van der Waals surface area (Å²) in [5, 5.41) is 2.73. The highest BCUT2D eigenvalue weighted by Crippen LogP contribution is 2.05. The molecule has 0 bridgehead atoms. The topological polar surface area (TPSA) is 64.3 Å². The van der Waals surface area contributed by atoms with E-state index in [2.05, 4.69) is 12.2 Å². The lowest BCUT2D eigenvalue weighted by Crippen LogP contribution is -2.32. The first kappa shape index (κ1) is 13.2. The molecule has 1 unspecified atom stereocenters. The summed E-state index contributed by atoms with van der Waals surface area (Å²) < 4.78 is 4.94. The molecule has 14 heavy (non-hydrogen) atoms. The smallest absolute Gasteiger partial charge is 0.407 e. The van der Waals surface area contributed by atoms with Crippen LogP contribution in [-0.2, 0) is 4.74 Å². The molecule has 0 spiro atoms. The van der Waals surface area contributed by atoms with Gasteiger partial charge >= 0.3 is 6.09 Å². The van der Waals surface area contributed by atoms with Crippen molar-refractivity contribution in [2.75, 3.05) is 13.1 Å². The summed E-state index contributed by atoms with van der Waals surface area (Å²) in [5.41, 5.74) is 5.45. The fraction of sp³-hybridized carbons (Fsp3) is 0.900. The number of hydrogen-bond donors (Lipinski definition) is 2. The van der Waals surface area contributed by atoms with Gasteiger partial charge in [0.15, 0.2) is 0 Å². The van der Waals surface area contributed by atoms with Gasteiger partial charge in [0, 0.05) is 6.54 Å². The van der Waals surface area contributed by atoms with Crippen molar-refractivity contribution in [2.24, 2.45) is 11.7 Å². The summed E-state index contributed by atoms with van der Waals surface area (Å²) >= 11 is 0. The molecule has 3 N–H and O–H groups in total. The van der Waals surface area contributed by atoms with E-state index >= 15 is 0 Å². The van der Waals surface area contributed by atoms with Gasteiger partial charge in [0.1, 0.15) is 0 Å². The molecule has 0 aromatic carbocycles. The highest BCUT2D eigenvalue weighted by atomic mass is 16.6. The average molecular weight is 202 g/mol. The number of nitrogens with one attached hydrogen (secondary N) is 1. The number of alkyl carbamates (subject to hydrolysis) is 1. The molecule has 0 aliphatic carbocycles. The molecule has 4 nitrogen and oxygen atoms in total. The molecular weight excluding hydrogens is 180 g/mol. The third-order valence-corrected chi connectivity index (χ3v) is 2.03. The van der Waals surface area contributed by atoms with Crippen LogP contribution in [0.25, 0.3) is 0 Å². The highest BCUT2D eigenvalue weighted by molar-refractivity contribution is 5.67. The van der Waals surface area contributed by atoms with E-state index in [9.17, 15) is 4.79 Å². The molecule has 0 saturated heterocycles. The molecular formula is C10H22N2O2. The Kier molecular flexibility index (Phi) is 7.20. The van der Waals surface area contributed by atoms with Gasteiger partial charge in [-0.25, -0.2) is 4.79 Å². The summed E-state index contributed by atoms with van der Waals surface area (Å²) in [6.45, 7) is 7.07. The van der Waals surface area contributed by atoms with Crippen molar-refractivity contribution in [3.63, 3.8) is 0 Å². The summed E-state index contributed by atoms with van der Waals surface area (Å²) in [6.07, 6.45) is 1.57. The van der Waals surface area contributed by atoms with Crippen LogP contribution in [0.4, 0.5) is 4.79 Å². The quantitative estimate of drug-likeness (QED) is 0.686. The minimum Gasteiger partial charge on any atom is -0.447 e. The summed E-state index contributed by atoms with van der Waals surface area (Å²) in [5.74, 6) is 0.458. The first-order valence-electron chi connectivity index (χ1n) is 5.24. The summed E-state index contributed by atoms with van der Waals surface area (Å²) in [6, 6.07) is 0. The lowest BCUT2D eigenvalue weighted by molar-refractivity contribution is 0.114. The minimum atomic E-state index is -0.338. The molecule has 0 aliphatic heterocycles. The Morgan fingerprint density at radius 2 is 2.14 bits per heavy atom. The SMILES string of the molecule is CCC(CCN)CNC(=O)OC(C)C. The molecule has 1 atom stereocenters. The monoisotopic (exact) mass is 202 g/mol. The van der Waals surface area contributed by atoms with E-state index in [4.69, 9.17) is 10.5 Å². The van der Waals surface area contributed by atoms with E-state index in [1.807, 2.05) is 13.8 Å². The van der Waals surface area contributed by atoms with Crippen LogP contribution in [0, 0.1) is 5.92 Å². The van der Waals surface area contributed by atoms with Crippen molar-refractivity contribution in [2.45, 2.75) is 39.7 Å². The second-order valence-electron chi connectivity index (χ2n) is 3.69. The molecule has 0 aromatic rings. The zero-order valence-electron chi connectivity index (χ0n) is 9.38. The standard InChI is InChI=1S/C10H22N2O2/c1-4-9(5-6-11)7-12-10(13)14-8(2)3/h8-9H,4-7,11H2,1-3H3,(H,12,13). The number of carbonyl (C=O) groups excluding carboxylic acids is 1. The molecule has 1 amide bonds. The van der Waals surface area contributed by atoms with Gasteiger partial charge < -0.3 is 15.8 Å². The van der Waals surface area contributed by atoms with E-state index in [0.717, 1.165) is 12.8 Å². The van der Waals surface area contributed by atoms with Crippen molar-refractivity contribution in [3.05, 3.63) is 0 Å². The lowest BCUT2D eigenvalue weighted by atomic mass is 10.0. The fourth-order valence-electron chi connectivity index (χ4n) is 1.17. The number of rotatable bonds is 6. The molecule has 0 saturated carbocycles. The van der Waals surface area contributed by atoms with Crippen LogP contribution in [0.5, 0.6) is 0 Å². The van der Waals surface area contributed by atoms with Gasteiger partial charge in [-0.1, -0.05) is 13.3 Å². The minimum absolute atomic E-state index is 0.0652. The Morgan fingerprint density at radius 1 is 1.50 bits per heavy atom. The Bertz CT molecular complexity index is 160. The molecule has 0 rings (SSSR count). The number of nitrogens with two attached hydrogens (primary N) is 1. The summed E-state index contributed by atoms with van der Waals surface area (Å²) in [7, 11) is 0. The fourth-order valence-corrected chi connectivity index (χ4v) is 1.17. The maximum absolute atomic E-state index is 11.1. The maximum Gasteiger partial charge on any atom is 0.407 e. The van der Waals surface area contributed by atoms with Crippen LogP contribution in [0.2, 0.25) is 0 Å². The first-order valence-corrected chi connectivity index (χ1v) is 5.24. The van der Waals surface area contributed by atoms with Gasteiger partial charge in [-0.3, -0.25) is 0 Å². The number of amides is 1. The molecule has 0 heterocycles. The second kappa shape index (κ2) is 7.62. The van der Waals surface area contributed by atoms with Crippen LogP contribution < -0.4 is 11.1 Å². The van der Waals surface area contributed by atoms with Crippen LogP contribution in [0.1, 0.15) is 33.6 Å². The Hall–Kier alpha value is -0.770. The van der Waals surface area contributed by atoms with Crippen molar-refractivity contribution < 1.29 is 9.53 Å². The maximum atomic E-state index is 11.1. The van der Waals surface area contributed by atoms with Crippen LogP contribution in [0.15, 0.2) is 0 Å². The van der Waals surface area contributed by atoms with E-state index in [0.29, 0.717) is 19.0 Å². The van der Waals surface area contributed by atoms with Gasteiger partial charge in [0.2, 0.25) is 0 Å². The van der Waals surface area contributed by atoms with Gasteiger partial charge in [-0.2, -0.15) is 0 Å². The number of carbonyl (C=O) groups is 1. The second-order valence-corrected chi connectivity index (χ2v) is 3.69. The number of hydrogen-bond acceptors (Lipinski definition) is 3. The van der Waals surface area contributed by atoms with E-state index in [1.165, 1.54) is 0 Å². The Morgan fingerprint density at radius 3 is 2.57 bits per heavy atom. The van der Waals surface area contributed by atoms with Gasteiger partial charge in [-0.15, -0.1) is 0 Å². The van der Waals surface area contributed by atoms with Crippen LogP contribution >= 0.6 is 0 Å². The molecule has 84 valence electrons. The van der Waals surface area contributed by atoms with E-state index < -0.39 is 0 Å². The Balaban J connectivity index is 3.62. The first-order chi connectivity index (χ1) is 6.60. The van der Waals surface area contributed by atoms with Crippen molar-refractivity contribution >= 4 is 6.09 Å². The van der Waals surface area contributed by atoms with E-state index in [1.54, 1.807) is 0 Å². The third kappa shape index (κ3) is 6.71. The predicted octanol–water partition coefficient (Wildman–Crippen LogP) is 1.50. The molecule has 0 radical (unpaired) electrons. The van der Waals surface area contributed by atoms with E-state index in [-0.39, 0.29) is 12.2 Å². The number of ether oxygens (including phenoxy) is 1. The van der Waals surface area contributed by atoms with Crippen LogP contribution in [-0.4, -0.2) is 25.3 Å². The summed E-state index contributed by atoms with van der Waals surface area (Å²) in [4.78, 5) is 11.1. The Labute approximate surface area is 86.2 Å². The van der Waals surface area contributed by atoms with Crippen molar-refractivity contribution in [3.8, 4) is 0 Å². The molecule has 4 heteroatoms. The zero-order valence-corrected chi connectivity index (χ0v) is 9.38. The van der Waals surface area contributed by atoms with Gasteiger partial charge in [0.05, 0.1) is 6.10 Å². The lowest BCUT2D eigenvalue weighted by Gasteiger charge is -2.15. The van der Waals surface area contributed by atoms with Gasteiger partial charge in [0.25, 0.3) is 0 Å². The van der Waals surface area contributed by atoms with Crippen molar-refractivity contribution in [1.29, 1.82) is 0 Å². The zero-order chi connectivity index (χ0) is 11.0. The van der Waals surface area contributed by atoms with Gasteiger partial charge in [-0.05, 0) is 32.7 Å². The van der Waals surface area contributed by atoms with Crippen molar-refractivity contribution in [1.82, 2.24) is 5.32 Å². The molecule has 0 aliphatic rings. The normalized spacial score (nSPS) is 12.6. The molecule has 0 fully saturated rings. The predicted molar refractivity (Wildman–Crippen MR) is 57.1 cm³/mol. The average Bonchev–Trinajstić information content (AvgIpc) is 2.11. The highest BCUT2D eigenvalue weighted by Gasteiger charge is 2.09. The third-order valence-electron chi connectivity index (χ3n) is 2.03. The van der Waals surface area contributed by atoms with Crippen LogP contribution in [0.3, 0.4) is 0 Å².